The van der Waals surface area contributed by atoms with Crippen molar-refractivity contribution in [2.45, 2.75) is 39.2 Å². The van der Waals surface area contributed by atoms with Crippen molar-refractivity contribution < 1.29 is 14.5 Å². The van der Waals surface area contributed by atoms with Gasteiger partial charge in [0.2, 0.25) is 6.04 Å². The molecule has 1 rings (SSSR count). The van der Waals surface area contributed by atoms with Gasteiger partial charge < -0.3 is 4.74 Å². The predicted octanol–water partition coefficient (Wildman–Crippen LogP) is 4.00. The van der Waals surface area contributed by atoms with Gasteiger partial charge in [0.1, 0.15) is 0 Å². The second-order valence-electron chi connectivity index (χ2n) is 4.73. The second kappa shape index (κ2) is 7.61. The van der Waals surface area contributed by atoms with Gasteiger partial charge in [0.15, 0.2) is 0 Å². The van der Waals surface area contributed by atoms with E-state index in [-0.39, 0.29) is 18.1 Å². The summed E-state index contributed by atoms with van der Waals surface area (Å²) in [4.78, 5) is 22.4. The van der Waals surface area contributed by atoms with Crippen molar-refractivity contribution in [2.24, 2.45) is 0 Å². The number of esters is 1. The predicted molar refractivity (Wildman–Crippen MR) is 81.6 cm³/mol. The molecule has 0 aromatic heterocycles. The van der Waals surface area contributed by atoms with E-state index in [4.69, 9.17) is 27.9 Å². The van der Waals surface area contributed by atoms with Gasteiger partial charge >= 0.3 is 5.97 Å². The Morgan fingerprint density at radius 1 is 1.43 bits per heavy atom. The molecule has 0 aliphatic rings. The quantitative estimate of drug-likeness (QED) is 0.448. The molecular formula is C14H17Cl2NO4. The number of halogens is 2. The molecule has 0 radical (unpaired) electrons. The molecule has 0 heterocycles. The lowest BCUT2D eigenvalue weighted by atomic mass is 9.87. The van der Waals surface area contributed by atoms with E-state index in [1.54, 1.807) is 26.0 Å². The van der Waals surface area contributed by atoms with Crippen LogP contribution in [0.2, 0.25) is 10.0 Å². The molecule has 0 aliphatic heterocycles. The average Bonchev–Trinajstić information content (AvgIpc) is 2.41. The van der Waals surface area contributed by atoms with Crippen molar-refractivity contribution in [3.63, 3.8) is 0 Å². The van der Waals surface area contributed by atoms with Crippen molar-refractivity contribution in [1.29, 1.82) is 0 Å². The third kappa shape index (κ3) is 4.32. The maximum atomic E-state index is 11.7. The minimum atomic E-state index is -0.982. The average molecular weight is 334 g/mol. The van der Waals surface area contributed by atoms with Gasteiger partial charge in [0.05, 0.1) is 29.0 Å². The Morgan fingerprint density at radius 2 is 2.05 bits per heavy atom. The normalized spacial score (nSPS) is 13.6. The Bertz CT molecular complexity index is 548. The molecule has 0 spiro atoms. The molecule has 0 unspecified atom stereocenters. The van der Waals surface area contributed by atoms with Crippen LogP contribution in [0.15, 0.2) is 12.1 Å². The van der Waals surface area contributed by atoms with Gasteiger partial charge in [0, 0.05) is 11.8 Å². The maximum absolute atomic E-state index is 11.7. The first-order chi connectivity index (χ1) is 9.79. The van der Waals surface area contributed by atoms with Crippen LogP contribution in [-0.4, -0.2) is 23.5 Å². The van der Waals surface area contributed by atoms with Crippen LogP contribution in [0.1, 0.15) is 37.3 Å². The number of carbonyl (C=O) groups excluding carboxylic acids is 1. The first-order valence-electron chi connectivity index (χ1n) is 6.53. The van der Waals surface area contributed by atoms with Gasteiger partial charge in [-0.05, 0) is 31.0 Å². The number of benzene rings is 1. The Kier molecular flexibility index (Phi) is 6.42. The van der Waals surface area contributed by atoms with Crippen LogP contribution in [0.3, 0.4) is 0 Å². The largest absolute Gasteiger partial charge is 0.466 e. The highest BCUT2D eigenvalue weighted by Gasteiger charge is 2.34. The standard InChI is InChI=1S/C14H17Cl2NO4/c1-4-21-12(18)7-10(9(3)17(19)20)13-8(2)5-6-11(15)14(13)16/h5-6,9-10H,4,7H2,1-3H3/t9-,10-/m0/s1. The smallest absolute Gasteiger partial charge is 0.306 e. The molecule has 0 N–H and O–H groups in total. The van der Waals surface area contributed by atoms with Crippen LogP contribution >= 0.6 is 23.2 Å². The zero-order valence-electron chi connectivity index (χ0n) is 12.1. The topological polar surface area (TPSA) is 69.4 Å². The fourth-order valence-corrected chi connectivity index (χ4v) is 2.70. The molecule has 7 heteroatoms. The van der Waals surface area contributed by atoms with E-state index in [1.807, 2.05) is 0 Å². The van der Waals surface area contributed by atoms with Crippen LogP contribution < -0.4 is 0 Å². The van der Waals surface area contributed by atoms with Crippen LogP contribution in [-0.2, 0) is 9.53 Å². The minimum Gasteiger partial charge on any atom is -0.466 e. The van der Waals surface area contributed by atoms with E-state index in [0.717, 1.165) is 5.56 Å². The lowest BCUT2D eigenvalue weighted by Crippen LogP contribution is -2.28. The molecule has 2 atom stereocenters. The molecule has 0 saturated carbocycles. The number of hydrogen-bond acceptors (Lipinski definition) is 4. The summed E-state index contributed by atoms with van der Waals surface area (Å²) in [6.45, 7) is 5.13. The number of rotatable bonds is 6. The molecule has 0 bridgehead atoms. The molecule has 0 fully saturated rings. The van der Waals surface area contributed by atoms with Gasteiger partial charge in [-0.25, -0.2) is 0 Å². The molecule has 116 valence electrons. The van der Waals surface area contributed by atoms with Crippen molar-refractivity contribution in [2.75, 3.05) is 6.61 Å². The Morgan fingerprint density at radius 3 is 2.57 bits per heavy atom. The summed E-state index contributed by atoms with van der Waals surface area (Å²) in [7, 11) is 0. The van der Waals surface area contributed by atoms with E-state index in [0.29, 0.717) is 10.6 Å². The molecule has 21 heavy (non-hydrogen) atoms. The van der Waals surface area contributed by atoms with Gasteiger partial charge in [-0.1, -0.05) is 29.3 Å². The van der Waals surface area contributed by atoms with E-state index >= 15 is 0 Å². The third-order valence-electron chi connectivity index (χ3n) is 3.33. The van der Waals surface area contributed by atoms with Crippen LogP contribution in [0, 0.1) is 17.0 Å². The molecule has 0 saturated heterocycles. The van der Waals surface area contributed by atoms with Crippen LogP contribution in [0.4, 0.5) is 0 Å². The third-order valence-corrected chi connectivity index (χ3v) is 4.15. The highest BCUT2D eigenvalue weighted by atomic mass is 35.5. The van der Waals surface area contributed by atoms with Crippen molar-refractivity contribution >= 4 is 29.2 Å². The van der Waals surface area contributed by atoms with E-state index in [2.05, 4.69) is 0 Å². The van der Waals surface area contributed by atoms with Crippen LogP contribution in [0.5, 0.6) is 0 Å². The molecular weight excluding hydrogens is 317 g/mol. The van der Waals surface area contributed by atoms with Gasteiger partial charge in [0.25, 0.3) is 0 Å². The monoisotopic (exact) mass is 333 g/mol. The lowest BCUT2D eigenvalue weighted by Gasteiger charge is -2.21. The molecule has 5 nitrogen and oxygen atoms in total. The SMILES string of the molecule is CCOC(=O)C[C@H](c1c(C)ccc(Cl)c1Cl)[C@H](C)[N+](=O)[O-]. The summed E-state index contributed by atoms with van der Waals surface area (Å²) in [5.41, 5.74) is 1.29. The molecule has 1 aromatic carbocycles. The zero-order valence-corrected chi connectivity index (χ0v) is 13.6. The van der Waals surface area contributed by atoms with Crippen LogP contribution in [0.25, 0.3) is 0 Å². The maximum Gasteiger partial charge on any atom is 0.306 e. The highest BCUT2D eigenvalue weighted by Crippen LogP contribution is 2.37. The summed E-state index contributed by atoms with van der Waals surface area (Å²) in [5, 5.41) is 11.7. The van der Waals surface area contributed by atoms with Gasteiger partial charge in [-0.3, -0.25) is 14.9 Å². The summed E-state index contributed by atoms with van der Waals surface area (Å²) in [6.07, 6.45) is -0.114. The zero-order chi connectivity index (χ0) is 16.2. The minimum absolute atomic E-state index is 0.114. The molecule has 0 aliphatic carbocycles. The fourth-order valence-electron chi connectivity index (χ4n) is 2.18. The molecule has 1 aromatic rings. The lowest BCUT2D eigenvalue weighted by molar-refractivity contribution is -0.522. The van der Waals surface area contributed by atoms with E-state index in [9.17, 15) is 14.9 Å². The van der Waals surface area contributed by atoms with E-state index in [1.165, 1.54) is 6.92 Å². The van der Waals surface area contributed by atoms with Crippen molar-refractivity contribution in [3.8, 4) is 0 Å². The highest BCUT2D eigenvalue weighted by molar-refractivity contribution is 6.42. The summed E-state index contributed by atoms with van der Waals surface area (Å²) in [5.74, 6) is -1.18. The number of carbonyl (C=O) groups is 1. The second-order valence-corrected chi connectivity index (χ2v) is 5.52. The van der Waals surface area contributed by atoms with Gasteiger partial charge in [-0.15, -0.1) is 0 Å². The number of nitrogens with zero attached hydrogens (tertiary/aromatic N) is 1. The van der Waals surface area contributed by atoms with Gasteiger partial charge in [-0.2, -0.15) is 0 Å². The first-order valence-corrected chi connectivity index (χ1v) is 7.28. The summed E-state index contributed by atoms with van der Waals surface area (Å²) < 4.78 is 4.90. The van der Waals surface area contributed by atoms with Crippen molar-refractivity contribution in [3.05, 3.63) is 43.4 Å². The number of aryl methyl sites for hydroxylation is 1. The van der Waals surface area contributed by atoms with E-state index < -0.39 is 22.9 Å². The Hall–Kier alpha value is -1.33. The summed E-state index contributed by atoms with van der Waals surface area (Å²) >= 11 is 12.2. The number of ether oxygens (including phenoxy) is 1. The summed E-state index contributed by atoms with van der Waals surface area (Å²) in [6, 6.07) is 2.37. The fraction of sp³-hybridized carbons (Fsp3) is 0.500. The van der Waals surface area contributed by atoms with Crippen molar-refractivity contribution in [1.82, 2.24) is 0 Å². The molecule has 0 amide bonds. The first kappa shape index (κ1) is 17.7. The number of nitro groups is 1. The Labute approximate surface area is 133 Å². The Balaban J connectivity index is 3.27. The number of hydrogen-bond donors (Lipinski definition) is 0.